The van der Waals surface area contributed by atoms with Gasteiger partial charge in [-0.05, 0) is 89.3 Å². The van der Waals surface area contributed by atoms with E-state index in [9.17, 15) is 0 Å². The van der Waals surface area contributed by atoms with Crippen LogP contribution in [-0.2, 0) is 6.54 Å². The van der Waals surface area contributed by atoms with Gasteiger partial charge < -0.3 is 5.32 Å². The van der Waals surface area contributed by atoms with Crippen molar-refractivity contribution in [2.75, 3.05) is 0 Å². The van der Waals surface area contributed by atoms with E-state index in [-0.39, 0.29) is 0 Å². The van der Waals surface area contributed by atoms with Crippen LogP contribution in [0.3, 0.4) is 0 Å². The van der Waals surface area contributed by atoms with Crippen LogP contribution in [0.4, 0.5) is 0 Å². The summed E-state index contributed by atoms with van der Waals surface area (Å²) in [6, 6.07) is 4.61. The Kier molecular flexibility index (Phi) is 4.86. The van der Waals surface area contributed by atoms with Crippen LogP contribution in [-0.4, -0.2) is 5.54 Å². The Bertz CT molecular complexity index is 655. The van der Waals surface area contributed by atoms with Crippen molar-refractivity contribution in [3.63, 3.8) is 0 Å². The summed E-state index contributed by atoms with van der Waals surface area (Å²) >= 11 is 3.70. The van der Waals surface area contributed by atoms with E-state index in [0.717, 1.165) is 24.3 Å². The Morgan fingerprint density at radius 1 is 1.17 bits per heavy atom. The first kappa shape index (κ1) is 16.8. The second-order valence-corrected chi connectivity index (χ2v) is 10.1. The lowest BCUT2D eigenvalue weighted by Gasteiger charge is -2.51. The highest BCUT2D eigenvalue weighted by atomic mass is 32.1. The van der Waals surface area contributed by atoms with Crippen molar-refractivity contribution in [1.82, 2.24) is 5.32 Å². The van der Waals surface area contributed by atoms with Gasteiger partial charge in [-0.1, -0.05) is 20.3 Å². The summed E-state index contributed by atoms with van der Waals surface area (Å²) in [5.41, 5.74) is 3.17. The Hall–Kier alpha value is -0.640. The maximum Gasteiger partial charge on any atom is 0.0305 e. The number of hydrogen-bond acceptors (Lipinski definition) is 3. The van der Waals surface area contributed by atoms with Gasteiger partial charge in [-0.3, -0.25) is 0 Å². The molecule has 0 amide bonds. The standard InChI is InChI=1S/C21H29NS2/c1-3-16-7-17-6-15(2)9-21(10-16,11-17)22-12-20-8-19(14-24-20)18-4-5-23-13-18/h4-5,8,13-17,22H,3,6-7,9-12H2,1-2H3. The molecule has 0 saturated heterocycles. The third-order valence-corrected chi connectivity index (χ3v) is 7.84. The molecule has 4 atom stereocenters. The lowest BCUT2D eigenvalue weighted by Crippen LogP contribution is -2.54. The first-order valence-corrected chi connectivity index (χ1v) is 11.3. The van der Waals surface area contributed by atoms with Crippen LogP contribution >= 0.6 is 22.7 Å². The Labute approximate surface area is 154 Å². The minimum absolute atomic E-state index is 0.411. The molecule has 2 aromatic rings. The van der Waals surface area contributed by atoms with Gasteiger partial charge >= 0.3 is 0 Å². The van der Waals surface area contributed by atoms with Gasteiger partial charge in [0.1, 0.15) is 0 Å². The van der Waals surface area contributed by atoms with Crippen molar-refractivity contribution >= 4 is 22.7 Å². The fourth-order valence-electron chi connectivity index (χ4n) is 5.35. The maximum atomic E-state index is 4.05. The third kappa shape index (κ3) is 3.49. The monoisotopic (exact) mass is 359 g/mol. The highest BCUT2D eigenvalue weighted by Crippen LogP contribution is 2.48. The Morgan fingerprint density at radius 3 is 2.88 bits per heavy atom. The van der Waals surface area contributed by atoms with Gasteiger partial charge in [0.25, 0.3) is 0 Å². The number of nitrogens with one attached hydrogen (secondary N) is 1. The summed E-state index contributed by atoms with van der Waals surface area (Å²) in [7, 11) is 0. The molecule has 24 heavy (non-hydrogen) atoms. The van der Waals surface area contributed by atoms with E-state index >= 15 is 0 Å². The van der Waals surface area contributed by atoms with Gasteiger partial charge in [0.05, 0.1) is 0 Å². The first-order valence-electron chi connectivity index (χ1n) is 9.51. The van der Waals surface area contributed by atoms with Crippen LogP contribution in [0.15, 0.2) is 28.3 Å². The lowest BCUT2D eigenvalue weighted by atomic mass is 9.60. The molecule has 0 aliphatic heterocycles. The fourth-order valence-corrected chi connectivity index (χ4v) is 6.85. The molecule has 2 bridgehead atoms. The minimum atomic E-state index is 0.411. The van der Waals surface area contributed by atoms with Crippen LogP contribution in [0.25, 0.3) is 11.1 Å². The number of thiophene rings is 2. The average Bonchev–Trinajstić information content (AvgIpc) is 3.23. The molecule has 2 saturated carbocycles. The summed E-state index contributed by atoms with van der Waals surface area (Å²) in [6.45, 7) is 5.90. The summed E-state index contributed by atoms with van der Waals surface area (Å²) in [6.07, 6.45) is 8.48. The second kappa shape index (κ2) is 6.93. The summed E-state index contributed by atoms with van der Waals surface area (Å²) in [4.78, 5) is 1.49. The van der Waals surface area contributed by atoms with Gasteiger partial charge in [-0.2, -0.15) is 11.3 Å². The zero-order chi connectivity index (χ0) is 16.6. The zero-order valence-electron chi connectivity index (χ0n) is 14.9. The van der Waals surface area contributed by atoms with E-state index in [1.54, 1.807) is 11.3 Å². The van der Waals surface area contributed by atoms with E-state index < -0.39 is 0 Å². The molecule has 0 spiro atoms. The zero-order valence-corrected chi connectivity index (χ0v) is 16.5. The van der Waals surface area contributed by atoms with Crippen molar-refractivity contribution in [2.24, 2.45) is 17.8 Å². The SMILES string of the molecule is CCC1CC2CC(C)CC(NCc3cc(-c4ccsc4)cs3)(C1)C2. The smallest absolute Gasteiger partial charge is 0.0305 e. The molecule has 0 aromatic carbocycles. The summed E-state index contributed by atoms with van der Waals surface area (Å²) in [5.74, 6) is 2.79. The first-order chi connectivity index (χ1) is 11.7. The number of hydrogen-bond donors (Lipinski definition) is 1. The molecule has 3 heteroatoms. The van der Waals surface area contributed by atoms with E-state index in [1.165, 1.54) is 54.5 Å². The van der Waals surface area contributed by atoms with Crippen LogP contribution in [0.1, 0.15) is 57.2 Å². The quantitative estimate of drug-likeness (QED) is 0.637. The van der Waals surface area contributed by atoms with Gasteiger partial charge in [-0.25, -0.2) is 0 Å². The molecule has 1 N–H and O–H groups in total. The van der Waals surface area contributed by atoms with E-state index in [2.05, 4.69) is 47.4 Å². The van der Waals surface area contributed by atoms with Crippen molar-refractivity contribution in [2.45, 2.75) is 64.5 Å². The van der Waals surface area contributed by atoms with Crippen molar-refractivity contribution in [1.29, 1.82) is 0 Å². The highest BCUT2D eigenvalue weighted by Gasteiger charge is 2.44. The topological polar surface area (TPSA) is 12.0 Å². The van der Waals surface area contributed by atoms with E-state index in [4.69, 9.17) is 0 Å². The van der Waals surface area contributed by atoms with Crippen LogP contribution in [0.5, 0.6) is 0 Å². The van der Waals surface area contributed by atoms with Crippen LogP contribution in [0, 0.1) is 17.8 Å². The third-order valence-electron chi connectivity index (χ3n) is 6.22. The fraction of sp³-hybridized carbons (Fsp3) is 0.619. The van der Waals surface area contributed by atoms with Crippen molar-refractivity contribution < 1.29 is 0 Å². The largest absolute Gasteiger partial charge is 0.306 e. The molecular formula is C21H29NS2. The Balaban J connectivity index is 1.45. The molecule has 2 fully saturated rings. The van der Waals surface area contributed by atoms with Gasteiger partial charge in [-0.15, -0.1) is 11.3 Å². The van der Waals surface area contributed by atoms with Crippen molar-refractivity contribution in [3.05, 3.63) is 33.2 Å². The van der Waals surface area contributed by atoms with E-state index in [1.807, 2.05) is 11.3 Å². The summed E-state index contributed by atoms with van der Waals surface area (Å²) < 4.78 is 0. The minimum Gasteiger partial charge on any atom is -0.306 e. The van der Waals surface area contributed by atoms with Gasteiger partial charge in [0.15, 0.2) is 0 Å². The molecular weight excluding hydrogens is 330 g/mol. The molecule has 130 valence electrons. The molecule has 2 aromatic heterocycles. The van der Waals surface area contributed by atoms with Gasteiger partial charge in [0.2, 0.25) is 0 Å². The number of fused-ring (bicyclic) bond motifs is 2. The average molecular weight is 360 g/mol. The maximum absolute atomic E-state index is 4.05. The molecule has 2 heterocycles. The molecule has 0 radical (unpaired) electrons. The number of rotatable bonds is 5. The summed E-state index contributed by atoms with van der Waals surface area (Å²) in [5, 5.41) is 10.8. The van der Waals surface area contributed by atoms with Crippen molar-refractivity contribution in [3.8, 4) is 11.1 Å². The molecule has 1 nitrogen and oxygen atoms in total. The molecule has 4 unspecified atom stereocenters. The van der Waals surface area contributed by atoms with Crippen LogP contribution < -0.4 is 5.32 Å². The van der Waals surface area contributed by atoms with E-state index in [0.29, 0.717) is 5.54 Å². The predicted octanol–water partition coefficient (Wildman–Crippen LogP) is 6.56. The second-order valence-electron chi connectivity index (χ2n) is 8.28. The molecule has 4 rings (SSSR count). The van der Waals surface area contributed by atoms with Gasteiger partial charge in [0, 0.05) is 17.0 Å². The molecule has 2 aliphatic carbocycles. The normalized spacial score (nSPS) is 32.8. The predicted molar refractivity (Wildman–Crippen MR) is 107 cm³/mol. The highest BCUT2D eigenvalue weighted by molar-refractivity contribution is 7.10. The lowest BCUT2D eigenvalue weighted by molar-refractivity contribution is 0.0477. The molecule has 2 aliphatic rings. The Morgan fingerprint density at radius 2 is 2.08 bits per heavy atom. The van der Waals surface area contributed by atoms with Crippen LogP contribution in [0.2, 0.25) is 0 Å².